The molecule has 0 saturated heterocycles. The highest BCUT2D eigenvalue weighted by Gasteiger charge is 2.18. The number of imidazole rings is 1. The predicted octanol–water partition coefficient (Wildman–Crippen LogP) is 2.56. The lowest BCUT2D eigenvalue weighted by atomic mass is 10.4. The Morgan fingerprint density at radius 3 is 2.64 bits per heavy atom. The molecule has 2 heterocycles. The summed E-state index contributed by atoms with van der Waals surface area (Å²) in [6, 6.07) is 6.04. The largest absolute Gasteiger partial charge is 0.334 e. The molecule has 3 aromatic rings. The zero-order valence-corrected chi connectivity index (χ0v) is 12.9. The van der Waals surface area contributed by atoms with Crippen LogP contribution in [0.3, 0.4) is 0 Å². The molecule has 3 rings (SSSR count). The molecule has 114 valence electrons. The van der Waals surface area contributed by atoms with Crippen LogP contribution < -0.4 is 4.72 Å². The van der Waals surface area contributed by atoms with Gasteiger partial charge in [0.25, 0.3) is 10.0 Å². The normalized spacial score (nSPS) is 11.8. The van der Waals surface area contributed by atoms with Crippen molar-refractivity contribution in [1.29, 1.82) is 0 Å². The van der Waals surface area contributed by atoms with Crippen LogP contribution in [0.1, 0.15) is 0 Å². The van der Waals surface area contributed by atoms with Crippen LogP contribution in [0, 0.1) is 5.82 Å². The highest BCUT2D eigenvalue weighted by atomic mass is 35.5. The lowest BCUT2D eigenvalue weighted by Gasteiger charge is -2.08. The monoisotopic (exact) mass is 340 g/mol. The number of aryl methyl sites for hydroxylation is 1. The summed E-state index contributed by atoms with van der Waals surface area (Å²) in [5, 5.41) is 0.132. The average Bonchev–Trinajstić information content (AvgIpc) is 2.81. The van der Waals surface area contributed by atoms with Crippen molar-refractivity contribution >= 4 is 38.5 Å². The van der Waals surface area contributed by atoms with Crippen molar-refractivity contribution in [2.45, 2.75) is 4.90 Å². The van der Waals surface area contributed by atoms with E-state index in [2.05, 4.69) is 14.7 Å². The Hall–Kier alpha value is -2.19. The molecule has 9 heteroatoms. The number of pyridine rings is 1. The molecule has 0 spiro atoms. The van der Waals surface area contributed by atoms with Gasteiger partial charge < -0.3 is 4.57 Å². The Kier molecular flexibility index (Phi) is 3.50. The van der Waals surface area contributed by atoms with E-state index in [-0.39, 0.29) is 15.9 Å². The first-order valence-corrected chi connectivity index (χ1v) is 7.99. The Bertz CT molecular complexity index is 954. The summed E-state index contributed by atoms with van der Waals surface area (Å²) < 4.78 is 41.6. The number of nitrogens with zero attached hydrogens (tertiary/aromatic N) is 3. The third-order valence-corrected chi connectivity index (χ3v) is 4.58. The first kappa shape index (κ1) is 14.7. The number of anilines is 1. The molecule has 0 aliphatic carbocycles. The fourth-order valence-corrected chi connectivity index (χ4v) is 3.17. The predicted molar refractivity (Wildman–Crippen MR) is 80.7 cm³/mol. The number of rotatable bonds is 3. The number of aromatic nitrogens is 3. The van der Waals surface area contributed by atoms with Crippen molar-refractivity contribution in [3.8, 4) is 0 Å². The van der Waals surface area contributed by atoms with Crippen molar-refractivity contribution in [1.82, 2.24) is 14.5 Å². The molecule has 1 N–H and O–H groups in total. The van der Waals surface area contributed by atoms with E-state index in [1.54, 1.807) is 17.7 Å². The molecule has 0 saturated carbocycles. The van der Waals surface area contributed by atoms with Gasteiger partial charge in [-0.3, -0.25) is 4.72 Å². The van der Waals surface area contributed by atoms with Crippen LogP contribution >= 0.6 is 11.6 Å². The zero-order chi connectivity index (χ0) is 15.9. The SMILES string of the molecule is Cn1cnc2c(NS(=O)(=O)c3ccc(F)cc3)nc(Cl)cc21. The van der Waals surface area contributed by atoms with Crippen LogP contribution in [0.25, 0.3) is 11.0 Å². The summed E-state index contributed by atoms with van der Waals surface area (Å²) in [5.74, 6) is -0.501. The maximum absolute atomic E-state index is 12.9. The summed E-state index contributed by atoms with van der Waals surface area (Å²) in [6.07, 6.45) is 1.53. The van der Waals surface area contributed by atoms with E-state index in [1.807, 2.05) is 0 Å². The van der Waals surface area contributed by atoms with Gasteiger partial charge in [-0.1, -0.05) is 11.6 Å². The second-order valence-corrected chi connectivity index (χ2v) is 6.65. The van der Waals surface area contributed by atoms with Crippen molar-refractivity contribution in [2.75, 3.05) is 4.72 Å². The highest BCUT2D eigenvalue weighted by molar-refractivity contribution is 7.92. The molecule has 0 aliphatic rings. The quantitative estimate of drug-likeness (QED) is 0.743. The van der Waals surface area contributed by atoms with Gasteiger partial charge in [-0.05, 0) is 24.3 Å². The lowest BCUT2D eigenvalue weighted by Crippen LogP contribution is -2.14. The number of hydrogen-bond acceptors (Lipinski definition) is 4. The van der Waals surface area contributed by atoms with Gasteiger partial charge >= 0.3 is 0 Å². The summed E-state index contributed by atoms with van der Waals surface area (Å²) in [6.45, 7) is 0. The Balaban J connectivity index is 2.07. The third-order valence-electron chi connectivity index (χ3n) is 3.04. The molecule has 1 aromatic carbocycles. The van der Waals surface area contributed by atoms with Crippen LogP contribution in [-0.4, -0.2) is 23.0 Å². The van der Waals surface area contributed by atoms with Crippen molar-refractivity contribution in [3.05, 3.63) is 47.6 Å². The summed E-state index contributed by atoms with van der Waals surface area (Å²) in [5.41, 5.74) is 1.01. The molecule has 0 radical (unpaired) electrons. The molecule has 0 amide bonds. The topological polar surface area (TPSA) is 76.9 Å². The van der Waals surface area contributed by atoms with Crippen molar-refractivity contribution in [3.63, 3.8) is 0 Å². The fraction of sp³-hybridized carbons (Fsp3) is 0.0769. The van der Waals surface area contributed by atoms with E-state index >= 15 is 0 Å². The second-order valence-electron chi connectivity index (χ2n) is 4.58. The van der Waals surface area contributed by atoms with Crippen LogP contribution in [0.15, 0.2) is 41.6 Å². The van der Waals surface area contributed by atoms with Gasteiger partial charge in [-0.2, -0.15) is 0 Å². The van der Waals surface area contributed by atoms with Crippen LogP contribution in [0.5, 0.6) is 0 Å². The Labute approximate surface area is 130 Å². The third kappa shape index (κ3) is 2.62. The van der Waals surface area contributed by atoms with Gasteiger partial charge in [0, 0.05) is 13.1 Å². The zero-order valence-electron chi connectivity index (χ0n) is 11.3. The van der Waals surface area contributed by atoms with Crippen molar-refractivity contribution in [2.24, 2.45) is 7.05 Å². The molecule has 0 bridgehead atoms. The smallest absolute Gasteiger partial charge is 0.263 e. The first-order chi connectivity index (χ1) is 10.4. The van der Waals surface area contributed by atoms with Gasteiger partial charge in [0.15, 0.2) is 5.82 Å². The number of nitrogens with one attached hydrogen (secondary N) is 1. The molecule has 6 nitrogen and oxygen atoms in total. The Morgan fingerprint density at radius 2 is 1.95 bits per heavy atom. The highest BCUT2D eigenvalue weighted by Crippen LogP contribution is 2.25. The number of hydrogen-bond donors (Lipinski definition) is 1. The molecule has 0 fully saturated rings. The second kappa shape index (κ2) is 5.22. The van der Waals surface area contributed by atoms with Gasteiger partial charge in [-0.25, -0.2) is 22.8 Å². The molecular formula is C13H10ClFN4O2S. The maximum Gasteiger partial charge on any atom is 0.263 e. The van der Waals surface area contributed by atoms with Crippen molar-refractivity contribution < 1.29 is 12.8 Å². The van der Waals surface area contributed by atoms with Crippen LogP contribution in [0.2, 0.25) is 5.15 Å². The summed E-state index contributed by atoms with van der Waals surface area (Å²) in [7, 11) is -2.16. The molecule has 0 atom stereocenters. The van der Waals surface area contributed by atoms with Gasteiger partial charge in [0.05, 0.1) is 16.7 Å². The minimum atomic E-state index is -3.92. The lowest BCUT2D eigenvalue weighted by molar-refractivity contribution is 0.599. The average molecular weight is 341 g/mol. The number of sulfonamides is 1. The Morgan fingerprint density at radius 1 is 1.27 bits per heavy atom. The molecular weight excluding hydrogens is 331 g/mol. The fourth-order valence-electron chi connectivity index (χ4n) is 1.97. The van der Waals surface area contributed by atoms with Crippen LogP contribution in [-0.2, 0) is 17.1 Å². The maximum atomic E-state index is 12.9. The summed E-state index contributed by atoms with van der Waals surface area (Å²) >= 11 is 5.91. The van der Waals surface area contributed by atoms with Gasteiger partial charge in [0.2, 0.25) is 0 Å². The number of halogens is 2. The van der Waals surface area contributed by atoms with E-state index in [0.717, 1.165) is 24.3 Å². The van der Waals surface area contributed by atoms with Crippen LogP contribution in [0.4, 0.5) is 10.2 Å². The number of benzene rings is 1. The minimum Gasteiger partial charge on any atom is -0.334 e. The molecule has 2 aromatic heterocycles. The summed E-state index contributed by atoms with van der Waals surface area (Å²) in [4.78, 5) is 7.99. The van der Waals surface area contributed by atoms with E-state index < -0.39 is 15.8 Å². The molecule has 0 unspecified atom stereocenters. The standard InChI is InChI=1S/C13H10ClFN4O2S/c1-19-7-16-12-10(19)6-11(14)17-13(12)18-22(20,21)9-4-2-8(15)3-5-9/h2-7H,1H3,(H,17,18). The van der Waals surface area contributed by atoms with Gasteiger partial charge in [0.1, 0.15) is 16.5 Å². The van der Waals surface area contributed by atoms with E-state index in [4.69, 9.17) is 11.6 Å². The van der Waals surface area contributed by atoms with E-state index in [9.17, 15) is 12.8 Å². The number of fused-ring (bicyclic) bond motifs is 1. The molecule has 22 heavy (non-hydrogen) atoms. The van der Waals surface area contributed by atoms with E-state index in [0.29, 0.717) is 11.0 Å². The van der Waals surface area contributed by atoms with Gasteiger partial charge in [-0.15, -0.1) is 0 Å². The minimum absolute atomic E-state index is 0.0208. The first-order valence-electron chi connectivity index (χ1n) is 6.13. The van der Waals surface area contributed by atoms with E-state index in [1.165, 1.54) is 6.33 Å². The molecule has 0 aliphatic heterocycles.